The summed E-state index contributed by atoms with van der Waals surface area (Å²) in [5.41, 5.74) is 5.59. The molecular formula is C21H28NO2+. The van der Waals surface area contributed by atoms with E-state index in [1.54, 1.807) is 14.2 Å². The molecule has 0 amide bonds. The highest BCUT2D eigenvalue weighted by molar-refractivity contribution is 5.50. The van der Waals surface area contributed by atoms with Gasteiger partial charge < -0.3 is 14.8 Å². The largest absolute Gasteiger partial charge is 0.493 e. The molecule has 1 atom stereocenters. The minimum Gasteiger partial charge on any atom is -0.493 e. The fourth-order valence-corrected chi connectivity index (χ4v) is 3.48. The van der Waals surface area contributed by atoms with Gasteiger partial charge in [-0.25, -0.2) is 0 Å². The fourth-order valence-electron chi connectivity index (χ4n) is 3.48. The molecule has 0 bridgehead atoms. The van der Waals surface area contributed by atoms with Crippen LogP contribution < -0.4 is 14.8 Å². The molecule has 128 valence electrons. The molecule has 2 aromatic carbocycles. The van der Waals surface area contributed by atoms with E-state index in [4.69, 9.17) is 9.47 Å². The topological polar surface area (TPSA) is 35.1 Å². The molecule has 1 aliphatic heterocycles. The lowest BCUT2D eigenvalue weighted by molar-refractivity contribution is -0.690. The number of ether oxygens (including phenoxy) is 2. The van der Waals surface area contributed by atoms with Crippen LogP contribution in [0.1, 0.15) is 49.1 Å². The van der Waals surface area contributed by atoms with Gasteiger partial charge in [0.25, 0.3) is 0 Å². The Hall–Kier alpha value is -2.00. The Balaban J connectivity index is 2.00. The molecule has 0 aliphatic carbocycles. The molecule has 0 saturated heterocycles. The van der Waals surface area contributed by atoms with Crippen molar-refractivity contribution in [2.75, 3.05) is 20.8 Å². The van der Waals surface area contributed by atoms with E-state index in [0.717, 1.165) is 24.5 Å². The summed E-state index contributed by atoms with van der Waals surface area (Å²) in [5.74, 6) is 1.63. The van der Waals surface area contributed by atoms with Crippen molar-refractivity contribution in [2.24, 2.45) is 0 Å². The highest BCUT2D eigenvalue weighted by atomic mass is 16.5. The normalized spacial score (nSPS) is 17.3. The monoisotopic (exact) mass is 326 g/mol. The summed E-state index contributed by atoms with van der Waals surface area (Å²) in [6.45, 7) is 7.84. The van der Waals surface area contributed by atoms with Crippen LogP contribution in [0.25, 0.3) is 0 Å². The number of benzene rings is 2. The Bertz CT molecular complexity index is 714. The molecule has 0 aromatic heterocycles. The summed E-state index contributed by atoms with van der Waals surface area (Å²) in [5, 5.41) is 2.42. The number of quaternary nitrogens is 1. The van der Waals surface area contributed by atoms with Crippen molar-refractivity contribution in [2.45, 2.75) is 38.6 Å². The van der Waals surface area contributed by atoms with Gasteiger partial charge in [0.2, 0.25) is 0 Å². The number of methoxy groups -OCH3 is 2. The third-order valence-electron chi connectivity index (χ3n) is 4.93. The molecule has 2 N–H and O–H groups in total. The Morgan fingerprint density at radius 3 is 2.17 bits per heavy atom. The lowest BCUT2D eigenvalue weighted by atomic mass is 9.84. The Kier molecular flexibility index (Phi) is 4.55. The maximum Gasteiger partial charge on any atom is 0.161 e. The zero-order valence-corrected chi connectivity index (χ0v) is 15.3. The average molecular weight is 326 g/mol. The second-order valence-corrected chi connectivity index (χ2v) is 7.53. The van der Waals surface area contributed by atoms with Crippen LogP contribution in [-0.2, 0) is 11.8 Å². The number of fused-ring (bicyclic) bond motifs is 1. The predicted molar refractivity (Wildman–Crippen MR) is 97.0 cm³/mol. The molecular weight excluding hydrogens is 298 g/mol. The summed E-state index contributed by atoms with van der Waals surface area (Å²) < 4.78 is 11.0. The van der Waals surface area contributed by atoms with Crippen LogP contribution in [0.2, 0.25) is 0 Å². The molecule has 1 aliphatic rings. The van der Waals surface area contributed by atoms with Crippen molar-refractivity contribution in [3.63, 3.8) is 0 Å². The molecule has 3 heteroatoms. The van der Waals surface area contributed by atoms with E-state index < -0.39 is 0 Å². The third-order valence-corrected chi connectivity index (χ3v) is 4.93. The van der Waals surface area contributed by atoms with E-state index in [1.807, 2.05) is 0 Å². The molecule has 0 fully saturated rings. The van der Waals surface area contributed by atoms with Gasteiger partial charge in [-0.3, -0.25) is 0 Å². The van der Waals surface area contributed by atoms with Crippen LogP contribution >= 0.6 is 0 Å². The minimum atomic E-state index is 0.184. The first kappa shape index (κ1) is 16.8. The van der Waals surface area contributed by atoms with Crippen molar-refractivity contribution < 1.29 is 14.8 Å². The van der Waals surface area contributed by atoms with Crippen LogP contribution in [0, 0.1) is 0 Å². The van der Waals surface area contributed by atoms with Crippen molar-refractivity contribution >= 4 is 0 Å². The SMILES string of the molecule is COc1cc2c(cc1OC)[C@@H](c1ccc(C(C)(C)C)cc1)[NH2+]CC2. The van der Waals surface area contributed by atoms with Crippen LogP contribution in [0.15, 0.2) is 36.4 Å². The first-order valence-electron chi connectivity index (χ1n) is 8.62. The minimum absolute atomic E-state index is 0.184. The van der Waals surface area contributed by atoms with Crippen LogP contribution in [0.3, 0.4) is 0 Å². The summed E-state index contributed by atoms with van der Waals surface area (Å²) in [6, 6.07) is 13.7. The van der Waals surface area contributed by atoms with Crippen LogP contribution in [-0.4, -0.2) is 20.8 Å². The molecule has 2 aromatic rings. The van der Waals surface area contributed by atoms with Crippen molar-refractivity contribution in [3.05, 3.63) is 58.7 Å². The number of rotatable bonds is 3. The maximum atomic E-state index is 5.51. The third kappa shape index (κ3) is 3.13. The number of hydrogen-bond donors (Lipinski definition) is 1. The van der Waals surface area contributed by atoms with Crippen LogP contribution in [0.4, 0.5) is 0 Å². The smallest absolute Gasteiger partial charge is 0.161 e. The van der Waals surface area contributed by atoms with Gasteiger partial charge >= 0.3 is 0 Å². The maximum absolute atomic E-state index is 5.51. The molecule has 0 saturated carbocycles. The summed E-state index contributed by atoms with van der Waals surface area (Å²) >= 11 is 0. The Morgan fingerprint density at radius 2 is 1.58 bits per heavy atom. The lowest BCUT2D eigenvalue weighted by Crippen LogP contribution is -2.87. The van der Waals surface area contributed by atoms with Crippen LogP contribution in [0.5, 0.6) is 11.5 Å². The number of hydrogen-bond acceptors (Lipinski definition) is 2. The van der Waals surface area contributed by atoms with Gasteiger partial charge in [-0.2, -0.15) is 0 Å². The second kappa shape index (κ2) is 6.48. The van der Waals surface area contributed by atoms with E-state index in [0.29, 0.717) is 6.04 Å². The lowest BCUT2D eigenvalue weighted by Gasteiger charge is -2.26. The molecule has 3 nitrogen and oxygen atoms in total. The van der Waals surface area contributed by atoms with Gasteiger partial charge in [-0.1, -0.05) is 45.0 Å². The quantitative estimate of drug-likeness (QED) is 0.940. The molecule has 0 radical (unpaired) electrons. The summed E-state index contributed by atoms with van der Waals surface area (Å²) in [6.07, 6.45) is 1.06. The van der Waals surface area contributed by atoms with Gasteiger partial charge in [0.1, 0.15) is 6.04 Å². The van der Waals surface area contributed by atoms with Crippen molar-refractivity contribution in [3.8, 4) is 11.5 Å². The zero-order chi connectivity index (χ0) is 17.3. The first-order chi connectivity index (χ1) is 11.4. The van der Waals surface area contributed by atoms with Gasteiger partial charge in [0.05, 0.1) is 20.8 Å². The molecule has 0 spiro atoms. The van der Waals surface area contributed by atoms with E-state index in [-0.39, 0.29) is 5.41 Å². The molecule has 1 heterocycles. The fraction of sp³-hybridized carbons (Fsp3) is 0.429. The van der Waals surface area contributed by atoms with E-state index in [1.165, 1.54) is 22.3 Å². The highest BCUT2D eigenvalue weighted by Gasteiger charge is 2.27. The van der Waals surface area contributed by atoms with Crippen molar-refractivity contribution in [1.82, 2.24) is 0 Å². The zero-order valence-electron chi connectivity index (χ0n) is 15.3. The highest BCUT2D eigenvalue weighted by Crippen LogP contribution is 2.35. The second-order valence-electron chi connectivity index (χ2n) is 7.53. The Morgan fingerprint density at radius 1 is 0.958 bits per heavy atom. The van der Waals surface area contributed by atoms with Gasteiger partial charge in [-0.15, -0.1) is 0 Å². The molecule has 0 unspecified atom stereocenters. The van der Waals surface area contributed by atoms with Gasteiger partial charge in [0, 0.05) is 17.5 Å². The summed E-state index contributed by atoms with van der Waals surface area (Å²) in [4.78, 5) is 0. The first-order valence-corrected chi connectivity index (χ1v) is 8.62. The van der Waals surface area contributed by atoms with E-state index >= 15 is 0 Å². The van der Waals surface area contributed by atoms with Gasteiger partial charge in [0.15, 0.2) is 11.5 Å². The molecule has 3 rings (SSSR count). The van der Waals surface area contributed by atoms with E-state index in [9.17, 15) is 0 Å². The average Bonchev–Trinajstić information content (AvgIpc) is 2.59. The Labute approximate surface area is 145 Å². The van der Waals surface area contributed by atoms with Crippen molar-refractivity contribution in [1.29, 1.82) is 0 Å². The predicted octanol–water partition coefficient (Wildman–Crippen LogP) is 3.21. The number of nitrogens with two attached hydrogens (primary N) is 1. The van der Waals surface area contributed by atoms with E-state index in [2.05, 4.69) is 62.5 Å². The van der Waals surface area contributed by atoms with Gasteiger partial charge in [-0.05, 0) is 28.7 Å². The summed E-state index contributed by atoms with van der Waals surface area (Å²) in [7, 11) is 3.39. The molecule has 24 heavy (non-hydrogen) atoms. The standard InChI is InChI=1S/C21H27NO2/c1-21(2,3)16-8-6-14(7-9-16)20-17-13-19(24-5)18(23-4)12-15(17)10-11-22-20/h6-9,12-13,20,22H,10-11H2,1-5H3/p+1/t20-/m1/s1.